The number of benzene rings is 2. The molecule has 22 nitrogen and oxygen atoms in total. The highest BCUT2D eigenvalue weighted by Crippen LogP contribution is 2.24. The minimum absolute atomic E-state index is 0.00976. The lowest BCUT2D eigenvalue weighted by atomic mass is 10.0. The Hall–Kier alpha value is -7.33. The maximum atomic E-state index is 14.2. The van der Waals surface area contributed by atoms with Crippen LogP contribution in [0.25, 0.3) is 21.8 Å². The number of aromatic nitrogens is 2. The molecule has 4 heterocycles. The Kier molecular flexibility index (Phi) is 15.2. The number of aliphatic hydroxyl groups is 1. The molecule has 0 spiro atoms. The Labute approximate surface area is 370 Å². The van der Waals surface area contributed by atoms with Crippen molar-refractivity contribution in [2.75, 3.05) is 19.7 Å². The number of hydrogen-bond donors (Lipinski definition) is 11. The zero-order valence-electron chi connectivity index (χ0n) is 35.2. The van der Waals surface area contributed by atoms with Crippen LogP contribution in [-0.4, -0.2) is 150 Å². The summed E-state index contributed by atoms with van der Waals surface area (Å²) < 4.78 is 0. The Balaban J connectivity index is 1.21. The van der Waals surface area contributed by atoms with Crippen LogP contribution in [0.1, 0.15) is 49.7 Å². The number of nitrogens with one attached hydrogen (secondary N) is 6. The molecule has 0 aliphatic carbocycles. The minimum atomic E-state index is -1.69. The van der Waals surface area contributed by atoms with Crippen molar-refractivity contribution >= 4 is 75.1 Å². The van der Waals surface area contributed by atoms with Gasteiger partial charge in [-0.25, -0.2) is 4.79 Å². The number of carboxylic acid groups (broad SMARTS) is 2. The predicted molar refractivity (Wildman–Crippen MR) is 230 cm³/mol. The summed E-state index contributed by atoms with van der Waals surface area (Å²) in [6.07, 6.45) is 2.49. The van der Waals surface area contributed by atoms with Gasteiger partial charge in [-0.1, -0.05) is 36.4 Å². The lowest BCUT2D eigenvalue weighted by Crippen LogP contribution is -2.60. The van der Waals surface area contributed by atoms with E-state index in [4.69, 9.17) is 11.5 Å². The fourth-order valence-corrected chi connectivity index (χ4v) is 8.41. The van der Waals surface area contributed by atoms with E-state index in [-0.39, 0.29) is 38.8 Å². The summed E-state index contributed by atoms with van der Waals surface area (Å²) in [7, 11) is 0. The van der Waals surface area contributed by atoms with Crippen molar-refractivity contribution in [3.05, 3.63) is 72.1 Å². The number of aliphatic hydroxyl groups excluding tert-OH is 1. The monoisotopic (exact) mass is 900 g/mol. The van der Waals surface area contributed by atoms with E-state index in [2.05, 4.69) is 31.2 Å². The molecule has 0 bridgehead atoms. The van der Waals surface area contributed by atoms with Gasteiger partial charge in [0.1, 0.15) is 36.3 Å². The Morgan fingerprint density at radius 3 is 1.65 bits per heavy atom. The minimum Gasteiger partial charge on any atom is -0.481 e. The number of para-hydroxylation sites is 2. The number of fused-ring (bicyclic) bond motifs is 2. The first kappa shape index (κ1) is 47.2. The second-order valence-electron chi connectivity index (χ2n) is 16.1. The molecule has 2 aromatic carbocycles. The van der Waals surface area contributed by atoms with Crippen LogP contribution in [0.2, 0.25) is 0 Å². The highest BCUT2D eigenvalue weighted by Gasteiger charge is 2.42. The van der Waals surface area contributed by atoms with Gasteiger partial charge in [-0.3, -0.25) is 38.4 Å². The van der Waals surface area contributed by atoms with Crippen molar-refractivity contribution in [3.63, 3.8) is 0 Å². The van der Waals surface area contributed by atoms with Crippen molar-refractivity contribution in [1.82, 2.24) is 41.0 Å². The summed E-state index contributed by atoms with van der Waals surface area (Å²) in [4.78, 5) is 127. The zero-order valence-corrected chi connectivity index (χ0v) is 35.2. The normalized spacial score (nSPS) is 18.3. The third-order valence-corrected chi connectivity index (χ3v) is 11.7. The molecule has 2 aliphatic rings. The quantitative estimate of drug-likeness (QED) is 0.0463. The van der Waals surface area contributed by atoms with E-state index in [9.17, 15) is 58.5 Å². The van der Waals surface area contributed by atoms with Crippen LogP contribution in [0.3, 0.4) is 0 Å². The van der Waals surface area contributed by atoms with E-state index in [0.717, 1.165) is 20.7 Å². The number of nitrogens with zero attached hydrogens (tertiary/aromatic N) is 2. The lowest BCUT2D eigenvalue weighted by Gasteiger charge is -2.31. The van der Waals surface area contributed by atoms with Gasteiger partial charge in [-0.2, -0.15) is 0 Å². The molecule has 7 atom stereocenters. The second-order valence-corrected chi connectivity index (χ2v) is 16.1. The van der Waals surface area contributed by atoms with Crippen molar-refractivity contribution in [3.8, 4) is 0 Å². The predicted octanol–water partition coefficient (Wildman–Crippen LogP) is -1.89. The van der Waals surface area contributed by atoms with Gasteiger partial charge in [0.15, 0.2) is 0 Å². The zero-order chi connectivity index (χ0) is 46.9. The highest BCUT2D eigenvalue weighted by atomic mass is 16.4. The summed E-state index contributed by atoms with van der Waals surface area (Å²) >= 11 is 0. The number of amides is 7. The SMILES string of the molecule is NC(=O)C[C@H](N)C(=O)N[C@@H](Cc1c[nH]c2ccccc12)C(=O)N[C@@H](CO)C(=O)N1CCC[C@H]1C(=O)N[C@@H](Cc1c[nH]c2ccccc12)C(=O)N[C@@H](CC(=O)O)C(=O)N1CCC[C@H]1C(=O)O. The maximum absolute atomic E-state index is 14.2. The molecular formula is C43H52N10O12. The number of aromatic amines is 2. The second kappa shape index (κ2) is 20.9. The van der Waals surface area contributed by atoms with E-state index < -0.39 is 115 Å². The van der Waals surface area contributed by atoms with Gasteiger partial charge in [0.2, 0.25) is 41.4 Å². The van der Waals surface area contributed by atoms with Crippen LogP contribution >= 0.6 is 0 Å². The van der Waals surface area contributed by atoms with E-state index in [0.29, 0.717) is 34.9 Å². The molecule has 13 N–H and O–H groups in total. The third kappa shape index (κ3) is 11.3. The van der Waals surface area contributed by atoms with E-state index in [1.807, 2.05) is 0 Å². The van der Waals surface area contributed by atoms with Gasteiger partial charge in [-0.15, -0.1) is 0 Å². The van der Waals surface area contributed by atoms with E-state index in [1.54, 1.807) is 60.9 Å². The third-order valence-electron chi connectivity index (χ3n) is 11.7. The number of likely N-dealkylation sites (tertiary alicyclic amines) is 2. The molecule has 2 aromatic heterocycles. The average molecular weight is 901 g/mol. The fourth-order valence-electron chi connectivity index (χ4n) is 8.41. The van der Waals surface area contributed by atoms with Gasteiger partial charge in [0.25, 0.3) is 0 Å². The maximum Gasteiger partial charge on any atom is 0.326 e. The Bertz CT molecular complexity index is 2470. The molecule has 22 heteroatoms. The first-order valence-electron chi connectivity index (χ1n) is 21.1. The van der Waals surface area contributed by atoms with Crippen LogP contribution in [0, 0.1) is 0 Å². The van der Waals surface area contributed by atoms with Crippen molar-refractivity contribution < 1.29 is 58.5 Å². The van der Waals surface area contributed by atoms with Gasteiger partial charge in [0, 0.05) is 60.1 Å². The van der Waals surface area contributed by atoms with Crippen molar-refractivity contribution in [2.24, 2.45) is 11.5 Å². The fraction of sp³-hybridized carbons (Fsp3) is 0.419. The average Bonchev–Trinajstić information content (AvgIpc) is 4.11. The van der Waals surface area contributed by atoms with Crippen molar-refractivity contribution in [1.29, 1.82) is 0 Å². The molecule has 4 aromatic rings. The van der Waals surface area contributed by atoms with E-state index in [1.165, 1.54) is 0 Å². The summed E-state index contributed by atoms with van der Waals surface area (Å²) in [5.41, 5.74) is 13.7. The van der Waals surface area contributed by atoms with Crippen LogP contribution < -0.4 is 32.7 Å². The highest BCUT2D eigenvalue weighted by molar-refractivity contribution is 5.99. The lowest BCUT2D eigenvalue weighted by molar-refractivity contribution is -0.150. The number of hydrogen-bond acceptors (Lipinski definition) is 11. The first-order chi connectivity index (χ1) is 31.1. The number of H-pyrrole nitrogens is 2. The molecule has 2 aliphatic heterocycles. The molecule has 0 radical (unpaired) electrons. The van der Waals surface area contributed by atoms with Gasteiger partial charge in [0.05, 0.1) is 25.5 Å². The van der Waals surface area contributed by atoms with Crippen LogP contribution in [-0.2, 0) is 56.0 Å². The molecule has 2 fully saturated rings. The number of nitrogens with two attached hydrogens (primary N) is 2. The Morgan fingerprint density at radius 1 is 0.646 bits per heavy atom. The molecule has 0 unspecified atom stereocenters. The molecule has 7 amide bonds. The molecule has 346 valence electrons. The number of carboxylic acids is 2. The van der Waals surface area contributed by atoms with Crippen LogP contribution in [0.15, 0.2) is 60.9 Å². The van der Waals surface area contributed by atoms with Gasteiger partial charge >= 0.3 is 11.9 Å². The van der Waals surface area contributed by atoms with Crippen molar-refractivity contribution in [2.45, 2.75) is 93.7 Å². The number of carbonyl (C=O) groups excluding carboxylic acids is 7. The molecule has 6 rings (SSSR count). The number of aliphatic carboxylic acids is 2. The van der Waals surface area contributed by atoms with Gasteiger partial charge in [-0.05, 0) is 48.9 Å². The summed E-state index contributed by atoms with van der Waals surface area (Å²) in [6.45, 7) is -0.882. The van der Waals surface area contributed by atoms with E-state index >= 15 is 0 Å². The summed E-state index contributed by atoms with van der Waals surface area (Å²) in [5.74, 6) is -8.88. The summed E-state index contributed by atoms with van der Waals surface area (Å²) in [6, 6.07) is 4.32. The van der Waals surface area contributed by atoms with Crippen LogP contribution in [0.5, 0.6) is 0 Å². The number of rotatable bonds is 20. The van der Waals surface area contributed by atoms with Gasteiger partial charge < -0.3 is 67.8 Å². The molecule has 65 heavy (non-hydrogen) atoms. The summed E-state index contributed by atoms with van der Waals surface area (Å²) in [5, 5.41) is 41.4. The number of carbonyl (C=O) groups is 9. The standard InChI is InChI=1S/C43H52N10O12/c44-26(17-35(45)55)37(58)48-29(15-22-19-46-27-9-3-1-7-24(22)27)39(60)51-32(21-54)42(63)52-13-5-11-33(52)40(61)49-30(16-23-20-47-28-10-4-2-8-25(23)28)38(59)50-31(18-36(56)57)41(62)53-14-6-12-34(53)43(64)65/h1-4,7-10,19-20,26,29-34,46-47,54H,5-6,11-18,21,44H2,(H2,45,55)(H,48,58)(H,49,61)(H,50,59)(H,51,60)(H,56,57)(H,64,65)/t26-,29-,30-,31-,32-,33-,34-/m0/s1. The van der Waals surface area contributed by atoms with Crippen LogP contribution in [0.4, 0.5) is 0 Å². The molecule has 0 saturated carbocycles. The number of primary amides is 1. The Morgan fingerprint density at radius 2 is 1.12 bits per heavy atom. The molecule has 2 saturated heterocycles. The topological polar surface area (TPSA) is 353 Å². The first-order valence-corrected chi connectivity index (χ1v) is 21.1. The smallest absolute Gasteiger partial charge is 0.326 e. The molecular weight excluding hydrogens is 849 g/mol. The largest absolute Gasteiger partial charge is 0.481 e.